The molecule has 10 nitrogen and oxygen atoms in total. The predicted molar refractivity (Wildman–Crippen MR) is 269 cm³/mol. The summed E-state index contributed by atoms with van der Waals surface area (Å²) in [5, 5.41) is 39.5. The largest absolute Gasteiger partial charge is 1.00 e. The first-order valence-corrected chi connectivity index (χ1v) is 28.3. The maximum atomic E-state index is 12.4. The fraction of sp³-hybridized carbons (Fsp3) is 0.883. The van der Waals surface area contributed by atoms with Gasteiger partial charge in [-0.3, -0.25) is 9.59 Å². The van der Waals surface area contributed by atoms with E-state index in [9.17, 15) is 30.0 Å². The van der Waals surface area contributed by atoms with Gasteiger partial charge in [-0.2, -0.15) is 10.8 Å². The summed E-state index contributed by atoms with van der Waals surface area (Å²) in [5.41, 5.74) is 2.40. The quantitative estimate of drug-likeness (QED) is 0.238. The van der Waals surface area contributed by atoms with E-state index in [0.29, 0.717) is 58.7 Å². The van der Waals surface area contributed by atoms with E-state index in [1.54, 1.807) is 0 Å². The van der Waals surface area contributed by atoms with Crippen molar-refractivity contribution in [2.75, 3.05) is 13.7 Å². The Kier molecular flexibility index (Phi) is 25.8. The first-order valence-electron chi connectivity index (χ1n) is 28.3. The van der Waals surface area contributed by atoms with Crippen LogP contribution in [0.3, 0.4) is 0 Å². The minimum Gasteiger partial charge on any atom is -0.870 e. The van der Waals surface area contributed by atoms with Crippen molar-refractivity contribution >= 4 is 11.6 Å². The molecule has 0 aromatic carbocycles. The number of carbonyl (C=O) groups is 2. The van der Waals surface area contributed by atoms with E-state index in [1.807, 2.05) is 7.11 Å². The first-order chi connectivity index (χ1) is 31.8. The van der Waals surface area contributed by atoms with E-state index >= 15 is 0 Å². The summed E-state index contributed by atoms with van der Waals surface area (Å²) in [6.07, 6.45) is 31.3. The van der Waals surface area contributed by atoms with E-state index in [-0.39, 0.29) is 255 Å². The van der Waals surface area contributed by atoms with Gasteiger partial charge < -0.3 is 62.4 Å². The summed E-state index contributed by atoms with van der Waals surface area (Å²) in [5.74, 6) is 8.23. The molecule has 12 aliphatic carbocycles. The Morgan fingerprint density at radius 2 is 1.11 bits per heavy atom. The number of fused-ring (bicyclic) bond motifs is 15. The SMILES string of the molecule is [CH2-][C@]12CC[C@@H](O)CC1=CC[C@H]1[C@@H]3CC[C@H](OC)[C@@]3(C)CC[C@@H]12.[CH2-][C@]12CC[C@@H](O)C[C@@H]1CC[C@@H]1[C@@H]2CC[C@]2(C)C(=O)CC[C@@H]12.[CH2-][C@]12CC[C@@H](O)C[C@@H]1CC[C@@H]1[C@@H]2CC[C@]2(C)[C@@H](C(=O)CO)CC[C@@H]12.[OH-].[OH-].[OH-].[Rb+].[Rb+].[Rb+]. The average molecular weight is 1230 g/mol. The molecule has 13 heteroatoms. The van der Waals surface area contributed by atoms with Crippen molar-refractivity contribution in [1.82, 2.24) is 0 Å². The summed E-state index contributed by atoms with van der Waals surface area (Å²) in [7, 11) is 1.90. The maximum absolute atomic E-state index is 12.4. The second-order valence-electron chi connectivity index (χ2n) is 27.1. The van der Waals surface area contributed by atoms with Crippen LogP contribution in [0, 0.1) is 124 Å². The number of carbonyl (C=O) groups excluding carboxylic acids is 2. The Labute approximate surface area is 588 Å². The molecule has 402 valence electrons. The van der Waals surface area contributed by atoms with Gasteiger partial charge in [0.25, 0.3) is 0 Å². The second-order valence-corrected chi connectivity index (χ2v) is 27.1. The second kappa shape index (κ2) is 27.0. The third kappa shape index (κ3) is 12.1. The van der Waals surface area contributed by atoms with Crippen LogP contribution in [0.4, 0.5) is 0 Å². The standard InChI is InChI=1S/C21H33O3.C20H31O2.C19H29O2.3H2O.3Rb/c1-20-9-7-14(23)11-13(20)3-4-15-16-5-6-18(19(24)12-22)21(16,2)10-8-17(15)20;1-19-10-8-14(21)12-13(19)4-5-15-16-6-7-18(22-3)20(16,2)11-9-17(15)19;1-18-9-7-13(20)11-12(18)3-4-14-15-5-6-17(21)19(15,2)10-8-16(14)18;;;;;;/h13-18,22-23H,1,3-12H2,2H3;4,14-18,21H,1,5-12H2,2-3H3;12-16,20H,1,3-11H2,2H3;3*1H2;;;/q3*-1;;;;3*+1/p-3/t13-,14+,15-,16-,17-,18+,20-,21-;14-,15+,16+,17+,18+,19+,20+;12-,13+,14-,15-,16-,18-,19-;;;;;;/m010....../s1. The van der Waals surface area contributed by atoms with E-state index < -0.39 is 0 Å². The molecule has 7 N–H and O–H groups in total. The van der Waals surface area contributed by atoms with Crippen LogP contribution in [0.25, 0.3) is 0 Å². The van der Waals surface area contributed by atoms with Gasteiger partial charge >= 0.3 is 175 Å². The Morgan fingerprint density at radius 1 is 0.589 bits per heavy atom. The Hall–Kier alpha value is 4.18. The predicted octanol–water partition coefficient (Wildman–Crippen LogP) is 1.78. The smallest absolute Gasteiger partial charge is 0.870 e. The molecule has 0 heterocycles. The molecule has 0 unspecified atom stereocenters. The minimum atomic E-state index is -0.291. The Bertz CT molecular complexity index is 1910. The monoisotopic (exact) mass is 1230 g/mol. The van der Waals surface area contributed by atoms with Crippen molar-refractivity contribution in [3.05, 3.63) is 32.4 Å². The van der Waals surface area contributed by atoms with E-state index in [2.05, 4.69) is 26.8 Å². The topological polar surface area (TPSA) is 214 Å². The number of hydrogen-bond acceptors (Lipinski definition) is 10. The minimum absolute atomic E-state index is 0. The van der Waals surface area contributed by atoms with Gasteiger partial charge in [0, 0.05) is 24.9 Å². The third-order valence-electron chi connectivity index (χ3n) is 24.9. The fourth-order valence-electron chi connectivity index (χ4n) is 21.2. The van der Waals surface area contributed by atoms with Gasteiger partial charge in [-0.1, -0.05) is 113 Å². The number of ether oxygens (including phenoxy) is 1. The van der Waals surface area contributed by atoms with Gasteiger partial charge in [-0.05, 0) is 155 Å². The van der Waals surface area contributed by atoms with Gasteiger partial charge in [0.2, 0.25) is 0 Å². The molecule has 0 amide bonds. The molecule has 0 spiro atoms. The Balaban J connectivity index is 0.000000228. The fourth-order valence-corrected chi connectivity index (χ4v) is 21.2. The molecule has 12 rings (SSSR count). The first kappa shape index (κ1) is 69.7. The molecule has 0 aromatic rings. The van der Waals surface area contributed by atoms with Crippen molar-refractivity contribution in [3.63, 3.8) is 0 Å². The van der Waals surface area contributed by atoms with Gasteiger partial charge in [0.1, 0.15) is 12.4 Å². The van der Waals surface area contributed by atoms with Crippen LogP contribution >= 0.6 is 0 Å². The zero-order chi connectivity index (χ0) is 47.5. The van der Waals surface area contributed by atoms with Crippen molar-refractivity contribution < 1.29 is 226 Å². The molecule has 73 heavy (non-hydrogen) atoms. The maximum Gasteiger partial charge on any atom is 1.00 e. The zero-order valence-corrected chi connectivity index (χ0v) is 61.6. The number of methoxy groups -OCH3 is 1. The van der Waals surface area contributed by atoms with Crippen LogP contribution in [0.15, 0.2) is 11.6 Å². The molecular formula is C60H96O10Rb3-3. The number of aliphatic hydroxyl groups excluding tert-OH is 4. The molecule has 0 bridgehead atoms. The number of hydrogen-bond donors (Lipinski definition) is 4. The molecule has 11 saturated carbocycles. The molecule has 12 aliphatic rings. The molecule has 0 aliphatic heterocycles. The van der Waals surface area contributed by atoms with Crippen molar-refractivity contribution in [2.45, 2.75) is 212 Å². The summed E-state index contributed by atoms with van der Waals surface area (Å²) in [6.45, 7) is 21.0. The average Bonchev–Trinajstić information content (AvgIpc) is 3.96. The molecule has 0 saturated heterocycles. The molecule has 11 fully saturated rings. The van der Waals surface area contributed by atoms with Crippen LogP contribution in [0.1, 0.15) is 188 Å². The van der Waals surface area contributed by atoms with Crippen molar-refractivity contribution in [3.8, 4) is 0 Å². The van der Waals surface area contributed by atoms with E-state index in [4.69, 9.17) is 25.5 Å². The van der Waals surface area contributed by atoms with Crippen LogP contribution in [-0.2, 0) is 14.3 Å². The number of Topliss-reactive ketones (excluding diaryl/α,β-unsaturated/α-hetero) is 2. The van der Waals surface area contributed by atoms with Crippen LogP contribution in [-0.4, -0.2) is 86.6 Å². The van der Waals surface area contributed by atoms with Gasteiger partial charge in [0.05, 0.1) is 24.4 Å². The van der Waals surface area contributed by atoms with Crippen LogP contribution in [0.2, 0.25) is 0 Å². The number of rotatable bonds is 3. The number of aliphatic hydroxyl groups is 4. The van der Waals surface area contributed by atoms with E-state index in [1.165, 1.54) is 76.2 Å². The summed E-state index contributed by atoms with van der Waals surface area (Å²) in [6, 6.07) is 0. The van der Waals surface area contributed by atoms with Gasteiger partial charge in [-0.15, -0.1) is 5.41 Å². The summed E-state index contributed by atoms with van der Waals surface area (Å²) in [4.78, 5) is 24.6. The molecule has 22 atom stereocenters. The molecule has 0 aromatic heterocycles. The summed E-state index contributed by atoms with van der Waals surface area (Å²) < 4.78 is 5.85. The van der Waals surface area contributed by atoms with Gasteiger partial charge in [0.15, 0.2) is 5.78 Å². The van der Waals surface area contributed by atoms with Crippen LogP contribution < -0.4 is 175 Å². The zero-order valence-electron chi connectivity index (χ0n) is 46.9. The molecular weight excluding hydrogens is 1140 g/mol. The summed E-state index contributed by atoms with van der Waals surface area (Å²) >= 11 is 0. The van der Waals surface area contributed by atoms with Gasteiger partial charge in [-0.25, -0.2) is 0 Å². The van der Waals surface area contributed by atoms with Crippen LogP contribution in [0.5, 0.6) is 0 Å². The number of ketones is 2. The normalized spacial score (nSPS) is 50.3. The van der Waals surface area contributed by atoms with Crippen molar-refractivity contribution in [2.24, 2.45) is 104 Å². The molecule has 0 radical (unpaired) electrons. The van der Waals surface area contributed by atoms with Crippen molar-refractivity contribution in [1.29, 1.82) is 0 Å². The van der Waals surface area contributed by atoms with E-state index in [0.717, 1.165) is 120 Å². The number of allylic oxidation sites excluding steroid dienone is 1. The Morgan fingerprint density at radius 3 is 1.70 bits per heavy atom. The third-order valence-corrected chi connectivity index (χ3v) is 24.9.